The first kappa shape index (κ1) is 12.4. The highest BCUT2D eigenvalue weighted by atomic mass is 16.2. The number of hydrogen-bond acceptors (Lipinski definition) is 3. The number of nitrogens with one attached hydrogen (secondary N) is 1. The van der Waals surface area contributed by atoms with Gasteiger partial charge in [0.2, 0.25) is 0 Å². The van der Waals surface area contributed by atoms with Crippen LogP contribution in [0.25, 0.3) is 0 Å². The molecule has 2 heterocycles. The van der Waals surface area contributed by atoms with Gasteiger partial charge in [-0.05, 0) is 31.1 Å². The van der Waals surface area contributed by atoms with E-state index < -0.39 is 0 Å². The molecule has 0 aromatic carbocycles. The molecule has 3 N–H and O–H groups in total. The number of pyridine rings is 1. The smallest absolute Gasteiger partial charge is 0.259 e. The van der Waals surface area contributed by atoms with Crippen LogP contribution in [0.5, 0.6) is 0 Å². The van der Waals surface area contributed by atoms with Crippen molar-refractivity contribution < 1.29 is 4.79 Å². The highest BCUT2D eigenvalue weighted by Gasteiger charge is 2.39. The third kappa shape index (κ3) is 2.30. The second-order valence-corrected chi connectivity index (χ2v) is 5.73. The van der Waals surface area contributed by atoms with Gasteiger partial charge in [0.05, 0.1) is 0 Å². The molecule has 1 aliphatic heterocycles. The van der Waals surface area contributed by atoms with Crippen molar-refractivity contribution in [3.05, 3.63) is 34.2 Å². The van der Waals surface area contributed by atoms with Crippen molar-refractivity contribution in [3.63, 3.8) is 0 Å². The summed E-state index contributed by atoms with van der Waals surface area (Å²) in [5.41, 5.74) is 6.02. The summed E-state index contributed by atoms with van der Waals surface area (Å²) in [5, 5.41) is 0. The van der Waals surface area contributed by atoms with E-state index in [2.05, 4.69) is 4.98 Å². The van der Waals surface area contributed by atoms with E-state index in [-0.39, 0.29) is 22.9 Å². The summed E-state index contributed by atoms with van der Waals surface area (Å²) >= 11 is 0. The second-order valence-electron chi connectivity index (χ2n) is 5.73. The molecule has 2 aliphatic rings. The lowest BCUT2D eigenvalue weighted by Gasteiger charge is -2.27. The normalized spacial score (nSPS) is 30.2. The number of nitrogens with two attached hydrogens (primary N) is 1. The number of carbonyl (C=O) groups excluding carboxylic acids is 1. The fourth-order valence-electron chi connectivity index (χ4n) is 3.39. The molecule has 1 saturated heterocycles. The van der Waals surface area contributed by atoms with Gasteiger partial charge >= 0.3 is 0 Å². The van der Waals surface area contributed by atoms with Crippen LogP contribution in [0.4, 0.5) is 0 Å². The number of H-pyrrole nitrogens is 1. The van der Waals surface area contributed by atoms with Crippen LogP contribution in [0.1, 0.15) is 29.6 Å². The molecule has 1 aliphatic carbocycles. The summed E-state index contributed by atoms with van der Waals surface area (Å²) in [6, 6.07) is 1.67. The third-order valence-corrected chi connectivity index (χ3v) is 4.43. The molecular formula is C14H19N3O2. The zero-order chi connectivity index (χ0) is 13.4. The van der Waals surface area contributed by atoms with Crippen molar-refractivity contribution >= 4 is 5.91 Å². The van der Waals surface area contributed by atoms with Crippen LogP contribution < -0.4 is 11.2 Å². The van der Waals surface area contributed by atoms with Crippen molar-refractivity contribution in [1.29, 1.82) is 0 Å². The van der Waals surface area contributed by atoms with E-state index >= 15 is 0 Å². The van der Waals surface area contributed by atoms with Gasteiger partial charge in [0, 0.05) is 37.6 Å². The van der Waals surface area contributed by atoms with Crippen molar-refractivity contribution in [1.82, 2.24) is 9.88 Å². The highest BCUT2D eigenvalue weighted by Crippen LogP contribution is 2.35. The molecule has 0 radical (unpaired) electrons. The largest absolute Gasteiger partial charge is 0.367 e. The fourth-order valence-corrected chi connectivity index (χ4v) is 3.39. The van der Waals surface area contributed by atoms with Crippen LogP contribution in [-0.4, -0.2) is 34.9 Å². The first-order valence-electron chi connectivity index (χ1n) is 6.87. The molecular weight excluding hydrogens is 242 g/mol. The van der Waals surface area contributed by atoms with E-state index in [0.29, 0.717) is 11.8 Å². The van der Waals surface area contributed by atoms with Crippen LogP contribution in [-0.2, 0) is 0 Å². The number of fused-ring (bicyclic) bond motifs is 1. The van der Waals surface area contributed by atoms with Gasteiger partial charge < -0.3 is 15.6 Å². The molecule has 5 heteroatoms. The Kier molecular flexibility index (Phi) is 3.14. The van der Waals surface area contributed by atoms with E-state index in [1.165, 1.54) is 12.3 Å². The van der Waals surface area contributed by atoms with E-state index in [1.807, 2.05) is 4.90 Å². The average molecular weight is 261 g/mol. The Morgan fingerprint density at radius 1 is 1.32 bits per heavy atom. The van der Waals surface area contributed by atoms with E-state index in [1.54, 1.807) is 6.20 Å². The van der Waals surface area contributed by atoms with Gasteiger partial charge in [-0.15, -0.1) is 0 Å². The monoisotopic (exact) mass is 261 g/mol. The minimum absolute atomic E-state index is 0.148. The fraction of sp³-hybridized carbons (Fsp3) is 0.571. The molecule has 1 aromatic heterocycles. The number of aromatic nitrogens is 1. The molecule has 1 unspecified atom stereocenters. The Balaban J connectivity index is 1.76. The van der Waals surface area contributed by atoms with Crippen LogP contribution in [0, 0.1) is 11.8 Å². The highest BCUT2D eigenvalue weighted by molar-refractivity contribution is 5.94. The second kappa shape index (κ2) is 4.81. The first-order chi connectivity index (χ1) is 9.15. The molecule has 5 nitrogen and oxygen atoms in total. The number of rotatable bonds is 1. The van der Waals surface area contributed by atoms with Gasteiger partial charge in [-0.1, -0.05) is 0 Å². The molecule has 102 valence electrons. The molecule has 1 amide bonds. The Labute approximate surface area is 111 Å². The quantitative estimate of drug-likeness (QED) is 0.776. The molecule has 2 fully saturated rings. The van der Waals surface area contributed by atoms with E-state index in [0.717, 1.165) is 32.4 Å². The molecule has 1 aromatic rings. The van der Waals surface area contributed by atoms with Gasteiger partial charge in [-0.25, -0.2) is 0 Å². The Bertz CT molecular complexity index is 539. The Morgan fingerprint density at radius 2 is 2.11 bits per heavy atom. The first-order valence-corrected chi connectivity index (χ1v) is 6.87. The summed E-state index contributed by atoms with van der Waals surface area (Å²) in [5.74, 6) is 0.923. The topological polar surface area (TPSA) is 79.2 Å². The van der Waals surface area contributed by atoms with Gasteiger partial charge in [0.15, 0.2) is 5.43 Å². The van der Waals surface area contributed by atoms with Gasteiger partial charge in [0.25, 0.3) is 5.91 Å². The predicted octanol–water partition coefficient (Wildman–Crippen LogP) is 0.574. The summed E-state index contributed by atoms with van der Waals surface area (Å²) < 4.78 is 0. The lowest BCUT2D eigenvalue weighted by molar-refractivity contribution is 0.0782. The maximum atomic E-state index is 12.4. The number of carbonyl (C=O) groups is 1. The van der Waals surface area contributed by atoms with Gasteiger partial charge in [0.1, 0.15) is 5.56 Å². The Morgan fingerprint density at radius 3 is 2.89 bits per heavy atom. The standard InChI is InChI=1S/C14H19N3O2/c15-11-2-1-9-7-17(8-10(9)5-11)14(19)12-6-16-4-3-13(12)18/h3-4,6,9-11H,1-2,5,7-8,15H2,(H,16,18)/t9-,10+,11?/m1/s1. The molecule has 3 atom stereocenters. The van der Waals surface area contributed by atoms with Crippen LogP contribution in [0.2, 0.25) is 0 Å². The maximum absolute atomic E-state index is 12.4. The van der Waals surface area contributed by atoms with Gasteiger partial charge in [-0.3, -0.25) is 9.59 Å². The van der Waals surface area contributed by atoms with Crippen LogP contribution in [0.15, 0.2) is 23.3 Å². The number of nitrogens with zero attached hydrogens (tertiary/aromatic N) is 1. The lowest BCUT2D eigenvalue weighted by atomic mass is 9.79. The predicted molar refractivity (Wildman–Crippen MR) is 71.8 cm³/mol. The lowest BCUT2D eigenvalue weighted by Crippen LogP contribution is -2.33. The summed E-state index contributed by atoms with van der Waals surface area (Å²) in [4.78, 5) is 28.7. The molecule has 0 spiro atoms. The number of aromatic amines is 1. The number of likely N-dealkylation sites (tertiary alicyclic amines) is 1. The minimum atomic E-state index is -0.213. The van der Waals surface area contributed by atoms with Crippen molar-refractivity contribution in [2.45, 2.75) is 25.3 Å². The van der Waals surface area contributed by atoms with Crippen molar-refractivity contribution in [3.8, 4) is 0 Å². The maximum Gasteiger partial charge on any atom is 0.259 e. The Hall–Kier alpha value is -1.62. The van der Waals surface area contributed by atoms with Gasteiger partial charge in [-0.2, -0.15) is 0 Å². The van der Waals surface area contributed by atoms with E-state index in [9.17, 15) is 9.59 Å². The van der Waals surface area contributed by atoms with E-state index in [4.69, 9.17) is 5.73 Å². The average Bonchev–Trinajstić information content (AvgIpc) is 2.81. The summed E-state index contributed by atoms with van der Waals surface area (Å²) in [6.45, 7) is 1.51. The minimum Gasteiger partial charge on any atom is -0.367 e. The molecule has 1 saturated carbocycles. The molecule has 3 rings (SSSR count). The third-order valence-electron chi connectivity index (χ3n) is 4.43. The summed E-state index contributed by atoms with van der Waals surface area (Å²) in [6.07, 6.45) is 6.19. The van der Waals surface area contributed by atoms with Crippen molar-refractivity contribution in [2.24, 2.45) is 17.6 Å². The zero-order valence-electron chi connectivity index (χ0n) is 10.8. The van der Waals surface area contributed by atoms with Crippen LogP contribution >= 0.6 is 0 Å². The molecule has 0 bridgehead atoms. The SMILES string of the molecule is NC1CC[C@@H]2CN(C(=O)c3c[nH]ccc3=O)C[C@@H]2C1. The van der Waals surface area contributed by atoms with Crippen LogP contribution in [0.3, 0.4) is 0 Å². The zero-order valence-corrected chi connectivity index (χ0v) is 10.8. The van der Waals surface area contributed by atoms with Crippen molar-refractivity contribution in [2.75, 3.05) is 13.1 Å². The number of hydrogen-bond donors (Lipinski definition) is 2. The summed E-state index contributed by atoms with van der Waals surface area (Å²) in [7, 11) is 0. The number of amides is 1. The molecule has 19 heavy (non-hydrogen) atoms.